The maximum Gasteiger partial charge on any atom is 0.337 e. The number of nitrogens with zero attached hydrogens (tertiary/aromatic N) is 1. The molecule has 1 aliphatic rings. The summed E-state index contributed by atoms with van der Waals surface area (Å²) in [5.41, 5.74) is 0.983. The molecule has 1 atom stereocenters. The van der Waals surface area contributed by atoms with Gasteiger partial charge in [-0.15, -0.1) is 0 Å². The molecule has 6 heteroatoms. The minimum atomic E-state index is -0.945. The van der Waals surface area contributed by atoms with E-state index in [4.69, 9.17) is 0 Å². The topological polar surface area (TPSA) is 29.3 Å². The number of methoxy groups -OCH3 is 1. The van der Waals surface area contributed by atoms with Gasteiger partial charge in [-0.2, -0.15) is 0 Å². The molecule has 0 N–H and O–H groups in total. The summed E-state index contributed by atoms with van der Waals surface area (Å²) in [6.45, 7) is 0.428. The number of ether oxygens (including phenoxy) is 1. The standard InChI is InChI=1S/C16H12F3NO2/c1-22-16(21)10-4-2-9(3-5-10)14-8-20(14)15-12(18)6-11(17)7-13(15)19/h2-7,14H,8H2,1H3/t14-,20?/m1/s1. The Balaban J connectivity index is 1.82. The number of hydrogen-bond acceptors (Lipinski definition) is 3. The SMILES string of the molecule is COC(=O)c1ccc([C@H]2CN2c2c(F)cc(F)cc2F)cc1. The van der Waals surface area contributed by atoms with Gasteiger partial charge in [0.15, 0.2) is 11.6 Å². The summed E-state index contributed by atoms with van der Waals surface area (Å²) in [5, 5.41) is 0. The zero-order chi connectivity index (χ0) is 15.9. The molecule has 0 amide bonds. The number of carbonyl (C=O) groups is 1. The lowest BCUT2D eigenvalue weighted by Gasteiger charge is -2.09. The number of rotatable bonds is 3. The van der Waals surface area contributed by atoms with E-state index in [0.717, 1.165) is 5.56 Å². The molecule has 0 unspecified atom stereocenters. The number of benzene rings is 2. The minimum absolute atomic E-state index is 0.193. The molecule has 1 saturated heterocycles. The molecule has 0 bridgehead atoms. The largest absolute Gasteiger partial charge is 0.465 e. The van der Waals surface area contributed by atoms with Crippen LogP contribution >= 0.6 is 0 Å². The molecule has 0 saturated carbocycles. The van der Waals surface area contributed by atoms with Gasteiger partial charge in [-0.1, -0.05) is 12.1 Å². The molecule has 114 valence electrons. The predicted octanol–water partition coefficient (Wildman–Crippen LogP) is 3.45. The first-order chi connectivity index (χ1) is 10.5. The normalized spacial score (nSPS) is 16.5. The van der Waals surface area contributed by atoms with Crippen molar-refractivity contribution >= 4 is 11.7 Å². The third-order valence-electron chi connectivity index (χ3n) is 3.60. The van der Waals surface area contributed by atoms with Crippen LogP contribution < -0.4 is 4.90 Å². The van der Waals surface area contributed by atoms with E-state index < -0.39 is 23.4 Å². The molecule has 3 rings (SSSR count). The van der Waals surface area contributed by atoms with Crippen molar-refractivity contribution < 1.29 is 22.7 Å². The van der Waals surface area contributed by atoms with E-state index in [2.05, 4.69) is 4.74 Å². The van der Waals surface area contributed by atoms with Crippen LogP contribution in [0.25, 0.3) is 0 Å². The lowest BCUT2D eigenvalue weighted by molar-refractivity contribution is 0.0600. The van der Waals surface area contributed by atoms with E-state index in [0.29, 0.717) is 24.2 Å². The van der Waals surface area contributed by atoms with E-state index in [1.54, 1.807) is 24.3 Å². The average Bonchev–Trinajstić information content (AvgIpc) is 3.26. The summed E-state index contributed by atoms with van der Waals surface area (Å²) < 4.78 is 45.0. The first-order valence-corrected chi connectivity index (χ1v) is 6.60. The van der Waals surface area contributed by atoms with E-state index >= 15 is 0 Å². The van der Waals surface area contributed by atoms with Crippen LogP contribution in [0.15, 0.2) is 36.4 Å². The third-order valence-corrected chi connectivity index (χ3v) is 3.60. The van der Waals surface area contributed by atoms with Crippen molar-refractivity contribution in [2.24, 2.45) is 0 Å². The van der Waals surface area contributed by atoms with Crippen LogP contribution in [0.2, 0.25) is 0 Å². The van der Waals surface area contributed by atoms with Crippen LogP contribution in [0.4, 0.5) is 18.9 Å². The molecule has 1 fully saturated rings. The van der Waals surface area contributed by atoms with Crippen LogP contribution in [0.5, 0.6) is 0 Å². The fourth-order valence-electron chi connectivity index (χ4n) is 2.44. The zero-order valence-electron chi connectivity index (χ0n) is 11.6. The number of halogens is 3. The van der Waals surface area contributed by atoms with Crippen LogP contribution in [-0.4, -0.2) is 19.6 Å². The summed E-state index contributed by atoms with van der Waals surface area (Å²) in [4.78, 5) is 12.8. The van der Waals surface area contributed by atoms with Crippen molar-refractivity contribution in [3.63, 3.8) is 0 Å². The van der Waals surface area contributed by atoms with Crippen LogP contribution in [0.3, 0.4) is 0 Å². The molecule has 3 nitrogen and oxygen atoms in total. The molecule has 2 aromatic rings. The number of esters is 1. The summed E-state index contributed by atoms with van der Waals surface area (Å²) in [6, 6.07) is 7.72. The fourth-order valence-corrected chi connectivity index (χ4v) is 2.44. The van der Waals surface area contributed by atoms with Gasteiger partial charge in [0, 0.05) is 18.7 Å². The smallest absolute Gasteiger partial charge is 0.337 e. The van der Waals surface area contributed by atoms with Crippen LogP contribution in [0.1, 0.15) is 22.0 Å². The molecule has 0 radical (unpaired) electrons. The Morgan fingerprint density at radius 2 is 1.73 bits per heavy atom. The van der Waals surface area contributed by atoms with Gasteiger partial charge in [0.05, 0.1) is 18.7 Å². The highest BCUT2D eigenvalue weighted by Crippen LogP contribution is 2.42. The van der Waals surface area contributed by atoms with Crippen LogP contribution in [-0.2, 0) is 4.74 Å². The van der Waals surface area contributed by atoms with E-state index in [-0.39, 0.29) is 11.7 Å². The molecule has 22 heavy (non-hydrogen) atoms. The summed E-state index contributed by atoms with van der Waals surface area (Å²) >= 11 is 0. The van der Waals surface area contributed by atoms with Crippen molar-refractivity contribution in [2.75, 3.05) is 18.6 Å². The van der Waals surface area contributed by atoms with Gasteiger partial charge in [0.2, 0.25) is 0 Å². The quantitative estimate of drug-likeness (QED) is 0.642. The van der Waals surface area contributed by atoms with E-state index in [1.165, 1.54) is 12.0 Å². The highest BCUT2D eigenvalue weighted by Gasteiger charge is 2.39. The van der Waals surface area contributed by atoms with Crippen molar-refractivity contribution in [1.82, 2.24) is 0 Å². The second-order valence-corrected chi connectivity index (χ2v) is 5.00. The number of carbonyl (C=O) groups excluding carboxylic acids is 1. The lowest BCUT2D eigenvalue weighted by atomic mass is 10.1. The van der Waals surface area contributed by atoms with E-state index in [1.807, 2.05) is 0 Å². The monoisotopic (exact) mass is 307 g/mol. The van der Waals surface area contributed by atoms with Crippen molar-refractivity contribution in [2.45, 2.75) is 6.04 Å². The minimum Gasteiger partial charge on any atom is -0.465 e. The molecule has 0 aromatic heterocycles. The van der Waals surface area contributed by atoms with Gasteiger partial charge in [0.1, 0.15) is 11.5 Å². The number of anilines is 1. The first kappa shape index (κ1) is 14.4. The molecule has 1 heterocycles. The molecule has 0 aliphatic carbocycles. The lowest BCUT2D eigenvalue weighted by Crippen LogP contribution is -2.03. The van der Waals surface area contributed by atoms with Gasteiger partial charge in [-0.25, -0.2) is 18.0 Å². The van der Waals surface area contributed by atoms with Crippen molar-refractivity contribution in [1.29, 1.82) is 0 Å². The maximum absolute atomic E-state index is 13.7. The highest BCUT2D eigenvalue weighted by atomic mass is 19.1. The highest BCUT2D eigenvalue weighted by molar-refractivity contribution is 5.89. The fraction of sp³-hybridized carbons (Fsp3) is 0.188. The Kier molecular flexibility index (Phi) is 3.52. The molecular formula is C16H12F3NO2. The van der Waals surface area contributed by atoms with E-state index in [9.17, 15) is 18.0 Å². The molecule has 2 aromatic carbocycles. The molecule has 0 spiro atoms. The zero-order valence-corrected chi connectivity index (χ0v) is 11.6. The van der Waals surface area contributed by atoms with Crippen LogP contribution in [0, 0.1) is 17.5 Å². The Morgan fingerprint density at radius 3 is 2.27 bits per heavy atom. The second kappa shape index (κ2) is 5.36. The Labute approximate surface area is 124 Å². The van der Waals surface area contributed by atoms with Gasteiger partial charge >= 0.3 is 5.97 Å². The maximum atomic E-state index is 13.7. The third kappa shape index (κ3) is 2.52. The Morgan fingerprint density at radius 1 is 1.14 bits per heavy atom. The van der Waals surface area contributed by atoms with Gasteiger partial charge in [-0.05, 0) is 17.7 Å². The van der Waals surface area contributed by atoms with Crippen molar-refractivity contribution in [3.8, 4) is 0 Å². The van der Waals surface area contributed by atoms with Gasteiger partial charge in [0.25, 0.3) is 0 Å². The van der Waals surface area contributed by atoms with Gasteiger partial charge in [-0.3, -0.25) is 0 Å². The molecule has 1 aliphatic heterocycles. The molecular weight excluding hydrogens is 295 g/mol. The Bertz CT molecular complexity index is 708. The summed E-state index contributed by atoms with van der Waals surface area (Å²) in [7, 11) is 1.29. The Hall–Kier alpha value is -2.50. The summed E-state index contributed by atoms with van der Waals surface area (Å²) in [6.07, 6.45) is 0. The second-order valence-electron chi connectivity index (χ2n) is 5.00. The first-order valence-electron chi connectivity index (χ1n) is 6.60. The summed E-state index contributed by atoms with van der Waals surface area (Å²) in [5.74, 6) is -3.24. The predicted molar refractivity (Wildman–Crippen MR) is 74.2 cm³/mol. The average molecular weight is 307 g/mol. The number of hydrogen-bond donors (Lipinski definition) is 0. The van der Waals surface area contributed by atoms with Gasteiger partial charge < -0.3 is 9.64 Å². The van der Waals surface area contributed by atoms with Crippen molar-refractivity contribution in [3.05, 3.63) is 65.0 Å².